The first-order valence-electron chi connectivity index (χ1n) is 12.9. The minimum absolute atomic E-state index is 0.306. The van der Waals surface area contributed by atoms with Gasteiger partial charge in [-0.2, -0.15) is 0 Å². The van der Waals surface area contributed by atoms with Crippen molar-refractivity contribution < 1.29 is 14.6 Å². The van der Waals surface area contributed by atoms with Gasteiger partial charge in [0.2, 0.25) is 0 Å². The van der Waals surface area contributed by atoms with Crippen molar-refractivity contribution in [2.75, 3.05) is 52.5 Å². The summed E-state index contributed by atoms with van der Waals surface area (Å²) >= 11 is 1.69. The number of hydrogen-bond acceptors (Lipinski definition) is 7. The van der Waals surface area contributed by atoms with Crippen LogP contribution in [0.3, 0.4) is 0 Å². The Morgan fingerprint density at radius 3 is 2.54 bits per heavy atom. The van der Waals surface area contributed by atoms with Crippen molar-refractivity contribution in [1.82, 2.24) is 14.8 Å². The minimum Gasteiger partial charge on any atom is -0.491 e. The largest absolute Gasteiger partial charge is 0.491 e. The minimum atomic E-state index is -0.492. The SMILES string of the molecule is Cc1nc2cc(OCC(O)CN3CCN(CCCCOC4Cc5ccccc5C4)CC3)ccc2s1. The number of benzene rings is 2. The van der Waals surface area contributed by atoms with Crippen LogP contribution in [0.4, 0.5) is 0 Å². The Balaban J connectivity index is 0.923. The summed E-state index contributed by atoms with van der Waals surface area (Å²) in [7, 11) is 0. The average Bonchev–Trinajstić information content (AvgIpc) is 3.45. The number of fused-ring (bicyclic) bond motifs is 2. The van der Waals surface area contributed by atoms with Gasteiger partial charge in [0.1, 0.15) is 18.5 Å². The van der Waals surface area contributed by atoms with E-state index in [0.29, 0.717) is 19.3 Å². The zero-order valence-corrected chi connectivity index (χ0v) is 21.5. The number of piperazine rings is 1. The average molecular weight is 496 g/mol. The Bertz CT molecular complexity index is 1070. The molecule has 1 fully saturated rings. The topological polar surface area (TPSA) is 58.1 Å². The molecular formula is C28H37N3O3S. The molecular weight excluding hydrogens is 458 g/mol. The fourth-order valence-corrected chi connectivity index (χ4v) is 5.98. The lowest BCUT2D eigenvalue weighted by Gasteiger charge is -2.35. The normalized spacial score (nSPS) is 18.2. The van der Waals surface area contributed by atoms with Crippen molar-refractivity contribution in [3.05, 3.63) is 58.6 Å². The zero-order chi connectivity index (χ0) is 24.0. The fraction of sp³-hybridized carbons (Fsp3) is 0.536. The Morgan fingerprint density at radius 2 is 1.77 bits per heavy atom. The molecule has 1 aromatic heterocycles. The number of aliphatic hydroxyl groups is 1. The highest BCUT2D eigenvalue weighted by molar-refractivity contribution is 7.18. The Labute approximate surface area is 212 Å². The van der Waals surface area contributed by atoms with Crippen LogP contribution in [0.5, 0.6) is 5.75 Å². The number of aryl methyl sites for hydroxylation is 1. The summed E-state index contributed by atoms with van der Waals surface area (Å²) in [5.41, 5.74) is 3.88. The number of nitrogens with zero attached hydrogens (tertiary/aromatic N) is 3. The van der Waals surface area contributed by atoms with Crippen LogP contribution < -0.4 is 4.74 Å². The molecule has 3 aromatic rings. The van der Waals surface area contributed by atoms with Gasteiger partial charge in [-0.25, -0.2) is 4.98 Å². The highest BCUT2D eigenvalue weighted by Gasteiger charge is 2.22. The monoisotopic (exact) mass is 495 g/mol. The molecule has 2 heterocycles. The number of aliphatic hydroxyl groups excluding tert-OH is 1. The first-order valence-corrected chi connectivity index (χ1v) is 13.8. The summed E-state index contributed by atoms with van der Waals surface area (Å²) in [6.07, 6.45) is 4.30. The van der Waals surface area contributed by atoms with Gasteiger partial charge >= 0.3 is 0 Å². The standard InChI is InChI=1S/C28H37N3O3S/c1-21-29-27-18-25(8-9-28(27)35-21)34-20-24(32)19-31-13-11-30(12-14-31)10-4-5-15-33-26-16-22-6-2-3-7-23(22)17-26/h2-3,6-9,18,24,26,32H,4-5,10-17,19-20H2,1H3. The van der Waals surface area contributed by atoms with Crippen molar-refractivity contribution in [1.29, 1.82) is 0 Å². The van der Waals surface area contributed by atoms with E-state index in [9.17, 15) is 5.11 Å². The van der Waals surface area contributed by atoms with Crippen LogP contribution in [0.2, 0.25) is 0 Å². The second-order valence-corrected chi connectivity index (χ2v) is 11.1. The van der Waals surface area contributed by atoms with Crippen molar-refractivity contribution in [3.8, 4) is 5.75 Å². The molecule has 0 radical (unpaired) electrons. The molecule has 0 spiro atoms. The second-order valence-electron chi connectivity index (χ2n) is 9.85. The molecule has 1 saturated heterocycles. The van der Waals surface area contributed by atoms with Crippen LogP contribution in [0, 0.1) is 6.92 Å². The van der Waals surface area contributed by atoms with Crippen molar-refractivity contribution in [2.24, 2.45) is 0 Å². The highest BCUT2D eigenvalue weighted by atomic mass is 32.1. The van der Waals surface area contributed by atoms with Gasteiger partial charge in [-0.1, -0.05) is 24.3 Å². The molecule has 0 amide bonds. The lowest BCUT2D eigenvalue weighted by atomic mass is 10.1. The third-order valence-corrected chi connectivity index (χ3v) is 8.03. The number of ether oxygens (including phenoxy) is 2. The first kappa shape index (κ1) is 24.7. The summed E-state index contributed by atoms with van der Waals surface area (Å²) in [4.78, 5) is 9.40. The molecule has 5 rings (SSSR count). The number of unbranched alkanes of at least 4 members (excludes halogenated alkanes) is 1. The zero-order valence-electron chi connectivity index (χ0n) is 20.7. The molecule has 188 valence electrons. The maximum absolute atomic E-state index is 10.5. The van der Waals surface area contributed by atoms with Crippen LogP contribution in [0.1, 0.15) is 29.0 Å². The van der Waals surface area contributed by atoms with Gasteiger partial charge in [0, 0.05) is 45.4 Å². The number of thiazole rings is 1. The van der Waals surface area contributed by atoms with Crippen molar-refractivity contribution in [2.45, 2.75) is 44.8 Å². The molecule has 1 atom stereocenters. The van der Waals surface area contributed by atoms with Gasteiger partial charge in [-0.3, -0.25) is 4.90 Å². The van der Waals surface area contributed by atoms with Gasteiger partial charge in [0.25, 0.3) is 0 Å². The van der Waals surface area contributed by atoms with Crippen LogP contribution in [-0.2, 0) is 17.6 Å². The molecule has 1 aliphatic carbocycles. The summed E-state index contributed by atoms with van der Waals surface area (Å²) in [5, 5.41) is 11.5. The van der Waals surface area contributed by atoms with Crippen molar-refractivity contribution >= 4 is 21.6 Å². The maximum atomic E-state index is 10.5. The van der Waals surface area contributed by atoms with Crippen LogP contribution in [-0.4, -0.2) is 84.6 Å². The van der Waals surface area contributed by atoms with E-state index in [1.54, 1.807) is 11.3 Å². The van der Waals surface area contributed by atoms with E-state index in [1.807, 2.05) is 25.1 Å². The van der Waals surface area contributed by atoms with Gasteiger partial charge < -0.3 is 19.5 Å². The van der Waals surface area contributed by atoms with Crippen molar-refractivity contribution in [3.63, 3.8) is 0 Å². The van der Waals surface area contributed by atoms with Crippen LogP contribution in [0.25, 0.3) is 10.2 Å². The van der Waals surface area contributed by atoms with Gasteiger partial charge in [-0.15, -0.1) is 11.3 Å². The lowest BCUT2D eigenvalue weighted by molar-refractivity contribution is 0.0420. The Kier molecular flexibility index (Phi) is 8.31. The first-order chi connectivity index (χ1) is 17.1. The highest BCUT2D eigenvalue weighted by Crippen LogP contribution is 2.26. The summed E-state index contributed by atoms with van der Waals surface area (Å²) in [5.74, 6) is 0.771. The maximum Gasteiger partial charge on any atom is 0.121 e. The smallest absolute Gasteiger partial charge is 0.121 e. The fourth-order valence-electron chi connectivity index (χ4n) is 5.17. The van der Waals surface area contributed by atoms with Gasteiger partial charge in [0.15, 0.2) is 0 Å². The molecule has 7 heteroatoms. The quantitative estimate of drug-likeness (QED) is 0.407. The van der Waals surface area contributed by atoms with Crippen LogP contribution in [0.15, 0.2) is 42.5 Å². The van der Waals surface area contributed by atoms with E-state index in [0.717, 1.165) is 74.9 Å². The third-order valence-electron chi connectivity index (χ3n) is 7.08. The predicted molar refractivity (Wildman–Crippen MR) is 142 cm³/mol. The lowest BCUT2D eigenvalue weighted by Crippen LogP contribution is -2.49. The molecule has 0 bridgehead atoms. The van der Waals surface area contributed by atoms with Gasteiger partial charge in [0.05, 0.1) is 21.3 Å². The number of β-amino-alcohol motifs (C(OH)–C–C–N with tert-alkyl or cyclic N) is 1. The molecule has 2 aliphatic rings. The van der Waals surface area contributed by atoms with Crippen LogP contribution >= 0.6 is 11.3 Å². The predicted octanol–water partition coefficient (Wildman–Crippen LogP) is 3.93. The summed E-state index contributed by atoms with van der Waals surface area (Å²) in [6, 6.07) is 14.7. The van der Waals surface area contributed by atoms with Gasteiger partial charge in [-0.05, 0) is 62.4 Å². The molecule has 1 N–H and O–H groups in total. The number of hydrogen-bond donors (Lipinski definition) is 1. The van der Waals surface area contributed by atoms with E-state index < -0.39 is 6.10 Å². The molecule has 0 saturated carbocycles. The van der Waals surface area contributed by atoms with E-state index >= 15 is 0 Å². The second kappa shape index (κ2) is 11.8. The third kappa shape index (κ3) is 6.80. The van der Waals surface area contributed by atoms with E-state index in [2.05, 4.69) is 39.0 Å². The summed E-state index contributed by atoms with van der Waals surface area (Å²) in [6.45, 7) is 9.09. The molecule has 1 unspecified atom stereocenters. The number of aromatic nitrogens is 1. The molecule has 35 heavy (non-hydrogen) atoms. The molecule has 2 aromatic carbocycles. The Hall–Kier alpha value is -2.03. The summed E-state index contributed by atoms with van der Waals surface area (Å²) < 4.78 is 13.2. The van der Waals surface area contributed by atoms with E-state index in [-0.39, 0.29) is 0 Å². The molecule has 1 aliphatic heterocycles. The number of rotatable bonds is 11. The van der Waals surface area contributed by atoms with E-state index in [4.69, 9.17) is 9.47 Å². The Morgan fingerprint density at radius 1 is 1.03 bits per heavy atom. The van der Waals surface area contributed by atoms with E-state index in [1.165, 1.54) is 22.2 Å². The molecule has 6 nitrogen and oxygen atoms in total.